The highest BCUT2D eigenvalue weighted by Gasteiger charge is 2.26. The van der Waals surface area contributed by atoms with Gasteiger partial charge in [0.2, 0.25) is 0 Å². The van der Waals surface area contributed by atoms with Crippen LogP contribution in [0.5, 0.6) is 5.75 Å². The largest absolute Gasteiger partial charge is 0.493 e. The SMILES string of the molecule is Cc1ccc(OCCCCN[C@@H]2CCC[C@H](C)[C@H]2C)c(C)c1. The van der Waals surface area contributed by atoms with Gasteiger partial charge in [0, 0.05) is 6.04 Å². The number of ether oxygens (including phenoxy) is 1. The first-order valence-electron chi connectivity index (χ1n) is 9.01. The Balaban J connectivity index is 1.59. The van der Waals surface area contributed by atoms with Gasteiger partial charge in [0.1, 0.15) is 5.75 Å². The first-order valence-corrected chi connectivity index (χ1v) is 9.01. The van der Waals surface area contributed by atoms with Crippen molar-refractivity contribution in [2.24, 2.45) is 11.8 Å². The van der Waals surface area contributed by atoms with Crippen molar-refractivity contribution in [3.8, 4) is 5.75 Å². The molecular formula is C20H33NO. The lowest BCUT2D eigenvalue weighted by molar-refractivity contribution is 0.205. The van der Waals surface area contributed by atoms with Gasteiger partial charge in [-0.2, -0.15) is 0 Å². The third-order valence-corrected chi connectivity index (χ3v) is 5.27. The zero-order chi connectivity index (χ0) is 15.9. The number of nitrogens with one attached hydrogen (secondary N) is 1. The van der Waals surface area contributed by atoms with Crippen LogP contribution in [0.4, 0.5) is 0 Å². The van der Waals surface area contributed by atoms with E-state index in [9.17, 15) is 0 Å². The summed E-state index contributed by atoms with van der Waals surface area (Å²) in [4.78, 5) is 0. The molecule has 3 atom stereocenters. The lowest BCUT2D eigenvalue weighted by Gasteiger charge is -2.34. The van der Waals surface area contributed by atoms with Crippen molar-refractivity contribution in [3.05, 3.63) is 29.3 Å². The van der Waals surface area contributed by atoms with Crippen molar-refractivity contribution in [2.75, 3.05) is 13.2 Å². The molecule has 2 nitrogen and oxygen atoms in total. The van der Waals surface area contributed by atoms with E-state index >= 15 is 0 Å². The van der Waals surface area contributed by atoms with Crippen molar-refractivity contribution in [2.45, 2.75) is 65.8 Å². The third kappa shape index (κ3) is 5.01. The molecule has 1 fully saturated rings. The quantitative estimate of drug-likeness (QED) is 0.725. The van der Waals surface area contributed by atoms with E-state index in [1.165, 1.54) is 36.8 Å². The second-order valence-corrected chi connectivity index (χ2v) is 7.15. The van der Waals surface area contributed by atoms with Crippen molar-refractivity contribution in [3.63, 3.8) is 0 Å². The normalized spacial score (nSPS) is 25.2. The number of aryl methyl sites for hydroxylation is 2. The van der Waals surface area contributed by atoms with Gasteiger partial charge in [-0.05, 0) is 63.1 Å². The van der Waals surface area contributed by atoms with Crippen molar-refractivity contribution in [1.82, 2.24) is 5.32 Å². The van der Waals surface area contributed by atoms with Crippen molar-refractivity contribution in [1.29, 1.82) is 0 Å². The minimum Gasteiger partial charge on any atom is -0.493 e. The fourth-order valence-corrected chi connectivity index (χ4v) is 3.53. The topological polar surface area (TPSA) is 21.3 Å². The molecule has 0 unspecified atom stereocenters. The number of benzene rings is 1. The lowest BCUT2D eigenvalue weighted by Crippen LogP contribution is -2.41. The van der Waals surface area contributed by atoms with E-state index in [1.807, 2.05) is 0 Å². The summed E-state index contributed by atoms with van der Waals surface area (Å²) in [7, 11) is 0. The molecule has 1 aromatic rings. The predicted molar refractivity (Wildman–Crippen MR) is 94.6 cm³/mol. The zero-order valence-corrected chi connectivity index (χ0v) is 14.8. The van der Waals surface area contributed by atoms with Crippen LogP contribution in [0, 0.1) is 25.7 Å². The third-order valence-electron chi connectivity index (χ3n) is 5.27. The summed E-state index contributed by atoms with van der Waals surface area (Å²) in [6.45, 7) is 11.0. The Morgan fingerprint density at radius 1 is 1.14 bits per heavy atom. The van der Waals surface area contributed by atoms with Crippen LogP contribution in [0.25, 0.3) is 0 Å². The molecule has 0 amide bonds. The molecule has 0 heterocycles. The van der Waals surface area contributed by atoms with Gasteiger partial charge < -0.3 is 10.1 Å². The van der Waals surface area contributed by atoms with E-state index in [0.717, 1.165) is 43.2 Å². The Bertz CT molecular complexity index is 457. The van der Waals surface area contributed by atoms with Gasteiger partial charge in [-0.3, -0.25) is 0 Å². The molecule has 0 radical (unpaired) electrons. The smallest absolute Gasteiger partial charge is 0.122 e. The molecule has 0 aromatic heterocycles. The molecule has 0 bridgehead atoms. The van der Waals surface area contributed by atoms with Gasteiger partial charge in [-0.15, -0.1) is 0 Å². The summed E-state index contributed by atoms with van der Waals surface area (Å²) in [6, 6.07) is 7.12. The molecule has 1 aliphatic rings. The Morgan fingerprint density at radius 2 is 1.95 bits per heavy atom. The summed E-state index contributed by atoms with van der Waals surface area (Å²) in [5, 5.41) is 3.76. The van der Waals surface area contributed by atoms with Crippen molar-refractivity contribution < 1.29 is 4.74 Å². The second-order valence-electron chi connectivity index (χ2n) is 7.15. The zero-order valence-electron chi connectivity index (χ0n) is 14.8. The van der Waals surface area contributed by atoms with E-state index in [1.54, 1.807) is 0 Å². The van der Waals surface area contributed by atoms with E-state index in [0.29, 0.717) is 0 Å². The second kappa shape index (κ2) is 8.57. The number of rotatable bonds is 7. The summed E-state index contributed by atoms with van der Waals surface area (Å²) in [5.41, 5.74) is 2.54. The van der Waals surface area contributed by atoms with Crippen LogP contribution in [0.1, 0.15) is 57.1 Å². The van der Waals surface area contributed by atoms with Crippen LogP contribution in [0.3, 0.4) is 0 Å². The Morgan fingerprint density at radius 3 is 2.73 bits per heavy atom. The summed E-state index contributed by atoms with van der Waals surface area (Å²) in [5.74, 6) is 2.73. The van der Waals surface area contributed by atoms with Crippen LogP contribution in [0.2, 0.25) is 0 Å². The molecule has 0 spiro atoms. The maximum Gasteiger partial charge on any atom is 0.122 e. The molecule has 1 saturated carbocycles. The molecule has 1 aliphatic carbocycles. The van der Waals surface area contributed by atoms with E-state index in [4.69, 9.17) is 4.74 Å². The van der Waals surface area contributed by atoms with Crippen molar-refractivity contribution >= 4 is 0 Å². The molecule has 1 N–H and O–H groups in total. The van der Waals surface area contributed by atoms with E-state index < -0.39 is 0 Å². The highest BCUT2D eigenvalue weighted by atomic mass is 16.5. The number of hydrogen-bond acceptors (Lipinski definition) is 2. The highest BCUT2D eigenvalue weighted by Crippen LogP contribution is 2.29. The average molecular weight is 303 g/mol. The van der Waals surface area contributed by atoms with Gasteiger partial charge in [-0.25, -0.2) is 0 Å². The van der Waals surface area contributed by atoms with Gasteiger partial charge >= 0.3 is 0 Å². The summed E-state index contributed by atoms with van der Waals surface area (Å²) >= 11 is 0. The highest BCUT2D eigenvalue weighted by molar-refractivity contribution is 5.35. The first kappa shape index (κ1) is 17.3. The Kier molecular flexibility index (Phi) is 6.75. The standard InChI is InChI=1S/C20H33NO/c1-15-10-11-20(17(3)14-15)22-13-6-5-12-21-19-9-7-8-16(2)18(19)4/h10-11,14,16,18-19,21H,5-9,12-13H2,1-4H3/t16-,18+,19+/m0/s1. The Hall–Kier alpha value is -1.02. The maximum absolute atomic E-state index is 5.89. The fourth-order valence-electron chi connectivity index (χ4n) is 3.53. The molecule has 2 rings (SSSR count). The molecule has 124 valence electrons. The monoisotopic (exact) mass is 303 g/mol. The minimum atomic E-state index is 0.726. The molecular weight excluding hydrogens is 270 g/mol. The fraction of sp³-hybridized carbons (Fsp3) is 0.700. The van der Waals surface area contributed by atoms with Crippen LogP contribution >= 0.6 is 0 Å². The van der Waals surface area contributed by atoms with Crippen LogP contribution in [0.15, 0.2) is 18.2 Å². The van der Waals surface area contributed by atoms with Gasteiger partial charge in [0.05, 0.1) is 6.61 Å². The van der Waals surface area contributed by atoms with E-state index in [-0.39, 0.29) is 0 Å². The number of unbranched alkanes of at least 4 members (excludes halogenated alkanes) is 1. The van der Waals surface area contributed by atoms with Crippen LogP contribution < -0.4 is 10.1 Å². The summed E-state index contributed by atoms with van der Waals surface area (Å²) < 4.78 is 5.89. The van der Waals surface area contributed by atoms with Crippen LogP contribution in [-0.2, 0) is 0 Å². The molecule has 2 heteroatoms. The van der Waals surface area contributed by atoms with E-state index in [2.05, 4.69) is 51.2 Å². The molecule has 22 heavy (non-hydrogen) atoms. The Labute approximate surface area is 136 Å². The maximum atomic E-state index is 5.89. The predicted octanol–water partition coefficient (Wildman–Crippen LogP) is 4.88. The van der Waals surface area contributed by atoms with Gasteiger partial charge in [-0.1, -0.05) is 44.4 Å². The lowest BCUT2D eigenvalue weighted by atomic mass is 9.78. The first-order chi connectivity index (χ1) is 10.6. The molecule has 0 aliphatic heterocycles. The average Bonchev–Trinajstić information content (AvgIpc) is 2.48. The molecule has 0 saturated heterocycles. The van der Waals surface area contributed by atoms with Gasteiger partial charge in [0.25, 0.3) is 0 Å². The summed E-state index contributed by atoms with van der Waals surface area (Å²) in [6.07, 6.45) is 6.46. The minimum absolute atomic E-state index is 0.726. The van der Waals surface area contributed by atoms with Crippen LogP contribution in [-0.4, -0.2) is 19.2 Å². The van der Waals surface area contributed by atoms with Gasteiger partial charge in [0.15, 0.2) is 0 Å². The molecule has 1 aromatic carbocycles. The number of hydrogen-bond donors (Lipinski definition) is 1.